The first-order valence-corrected chi connectivity index (χ1v) is 6.00. The number of hydrogen-bond donors (Lipinski definition) is 1. The molecular formula is C12H17Cl2N. The topological polar surface area (TPSA) is 12.0 Å². The summed E-state index contributed by atoms with van der Waals surface area (Å²) in [6, 6.07) is 5.73. The average Bonchev–Trinajstić information content (AvgIpc) is 2.18. The molecule has 0 aromatic heterocycles. The van der Waals surface area contributed by atoms with Crippen LogP contribution in [0.15, 0.2) is 18.2 Å². The molecule has 0 atom stereocenters. The second-order valence-corrected chi connectivity index (χ2v) is 4.86. The van der Waals surface area contributed by atoms with E-state index in [0.29, 0.717) is 10.0 Å². The summed E-state index contributed by atoms with van der Waals surface area (Å²) >= 11 is 12.0. The molecule has 0 fully saturated rings. The van der Waals surface area contributed by atoms with E-state index >= 15 is 0 Å². The van der Waals surface area contributed by atoms with Gasteiger partial charge >= 0.3 is 0 Å². The smallest absolute Gasteiger partial charge is 0.0637 e. The summed E-state index contributed by atoms with van der Waals surface area (Å²) in [7, 11) is 0. The van der Waals surface area contributed by atoms with Gasteiger partial charge in [-0.05, 0) is 30.5 Å². The highest BCUT2D eigenvalue weighted by atomic mass is 35.5. The second kappa shape index (κ2) is 6.37. The number of rotatable bonds is 5. The van der Waals surface area contributed by atoms with E-state index in [1.165, 1.54) is 6.42 Å². The lowest BCUT2D eigenvalue weighted by molar-refractivity contribution is 0.537. The van der Waals surface area contributed by atoms with Gasteiger partial charge in [0.2, 0.25) is 0 Å². The minimum Gasteiger partial charge on any atom is -0.313 e. The van der Waals surface area contributed by atoms with E-state index in [1.807, 2.05) is 18.2 Å². The van der Waals surface area contributed by atoms with E-state index in [-0.39, 0.29) is 0 Å². The Bertz CT molecular complexity index is 310. The summed E-state index contributed by atoms with van der Waals surface area (Å²) < 4.78 is 0. The van der Waals surface area contributed by atoms with Gasteiger partial charge in [0, 0.05) is 6.54 Å². The molecule has 0 saturated heterocycles. The highest BCUT2D eigenvalue weighted by Crippen LogP contribution is 2.25. The van der Waals surface area contributed by atoms with Crippen molar-refractivity contribution in [3.8, 4) is 0 Å². The van der Waals surface area contributed by atoms with E-state index < -0.39 is 0 Å². The Labute approximate surface area is 102 Å². The second-order valence-electron chi connectivity index (χ2n) is 4.07. The molecule has 0 aliphatic carbocycles. The number of hydrogen-bond acceptors (Lipinski definition) is 1. The van der Waals surface area contributed by atoms with Crippen LogP contribution in [0.4, 0.5) is 0 Å². The van der Waals surface area contributed by atoms with E-state index in [1.54, 1.807) is 0 Å². The summed E-state index contributed by atoms with van der Waals surface area (Å²) in [6.45, 7) is 6.23. The molecule has 0 amide bonds. The molecule has 0 saturated carbocycles. The van der Waals surface area contributed by atoms with Crippen LogP contribution >= 0.6 is 23.2 Å². The van der Waals surface area contributed by atoms with E-state index in [2.05, 4.69) is 19.2 Å². The number of nitrogens with one attached hydrogen (secondary N) is 1. The Morgan fingerprint density at radius 2 is 2.00 bits per heavy atom. The van der Waals surface area contributed by atoms with E-state index in [9.17, 15) is 0 Å². The minimum atomic E-state index is 0.625. The van der Waals surface area contributed by atoms with Gasteiger partial charge in [-0.2, -0.15) is 0 Å². The maximum absolute atomic E-state index is 6.06. The third-order valence-electron chi connectivity index (χ3n) is 2.25. The molecule has 3 heteroatoms. The normalized spacial score (nSPS) is 11.0. The fourth-order valence-electron chi connectivity index (χ4n) is 1.30. The zero-order valence-corrected chi connectivity index (χ0v) is 10.7. The van der Waals surface area contributed by atoms with Crippen molar-refractivity contribution in [1.29, 1.82) is 0 Å². The average molecular weight is 246 g/mol. The Kier molecular flexibility index (Phi) is 5.44. The van der Waals surface area contributed by atoms with Crippen molar-refractivity contribution in [2.24, 2.45) is 5.92 Å². The van der Waals surface area contributed by atoms with Crippen molar-refractivity contribution >= 4 is 23.2 Å². The van der Waals surface area contributed by atoms with Crippen molar-refractivity contribution in [3.63, 3.8) is 0 Å². The van der Waals surface area contributed by atoms with Crippen LogP contribution < -0.4 is 5.32 Å². The van der Waals surface area contributed by atoms with E-state index in [0.717, 1.165) is 24.6 Å². The van der Waals surface area contributed by atoms with Crippen LogP contribution in [-0.4, -0.2) is 6.54 Å². The van der Waals surface area contributed by atoms with Crippen LogP contribution in [0.3, 0.4) is 0 Å². The van der Waals surface area contributed by atoms with Crippen molar-refractivity contribution in [1.82, 2.24) is 5.32 Å². The first kappa shape index (κ1) is 12.8. The monoisotopic (exact) mass is 245 g/mol. The maximum atomic E-state index is 6.06. The summed E-state index contributed by atoms with van der Waals surface area (Å²) in [5.74, 6) is 0.729. The first-order valence-electron chi connectivity index (χ1n) is 5.25. The summed E-state index contributed by atoms with van der Waals surface area (Å²) in [4.78, 5) is 0. The molecule has 1 aromatic carbocycles. The lowest BCUT2D eigenvalue weighted by Gasteiger charge is -2.08. The van der Waals surface area contributed by atoms with Crippen molar-refractivity contribution < 1.29 is 0 Å². The third-order valence-corrected chi connectivity index (χ3v) is 3.10. The van der Waals surface area contributed by atoms with Crippen LogP contribution in [0.2, 0.25) is 10.0 Å². The molecule has 84 valence electrons. The van der Waals surface area contributed by atoms with Gasteiger partial charge in [-0.1, -0.05) is 49.2 Å². The lowest BCUT2D eigenvalue weighted by Crippen LogP contribution is -2.16. The van der Waals surface area contributed by atoms with Crippen molar-refractivity contribution in [3.05, 3.63) is 33.8 Å². The number of halogens is 2. The zero-order chi connectivity index (χ0) is 11.3. The Morgan fingerprint density at radius 1 is 1.27 bits per heavy atom. The molecule has 1 aromatic rings. The van der Waals surface area contributed by atoms with Gasteiger partial charge in [-0.25, -0.2) is 0 Å². The van der Waals surface area contributed by atoms with E-state index in [4.69, 9.17) is 23.2 Å². The summed E-state index contributed by atoms with van der Waals surface area (Å²) in [5, 5.41) is 4.65. The highest BCUT2D eigenvalue weighted by Gasteiger charge is 2.03. The Morgan fingerprint density at radius 3 is 2.67 bits per heavy atom. The summed E-state index contributed by atoms with van der Waals surface area (Å²) in [5.41, 5.74) is 1.06. The van der Waals surface area contributed by atoms with Gasteiger partial charge in [0.1, 0.15) is 0 Å². The van der Waals surface area contributed by atoms with Gasteiger partial charge in [-0.15, -0.1) is 0 Å². The molecule has 0 bridgehead atoms. The Hall–Kier alpha value is -0.240. The highest BCUT2D eigenvalue weighted by molar-refractivity contribution is 6.42. The van der Waals surface area contributed by atoms with Gasteiger partial charge in [0.05, 0.1) is 10.0 Å². The van der Waals surface area contributed by atoms with Crippen LogP contribution in [0.1, 0.15) is 25.8 Å². The SMILES string of the molecule is CC(C)CCNCc1cccc(Cl)c1Cl. The molecule has 1 rings (SSSR count). The maximum Gasteiger partial charge on any atom is 0.0637 e. The van der Waals surface area contributed by atoms with Crippen LogP contribution in [0.25, 0.3) is 0 Å². The molecule has 0 aliphatic rings. The Balaban J connectivity index is 2.41. The van der Waals surface area contributed by atoms with Gasteiger partial charge in [-0.3, -0.25) is 0 Å². The fourth-order valence-corrected chi connectivity index (χ4v) is 1.69. The zero-order valence-electron chi connectivity index (χ0n) is 9.19. The molecule has 0 heterocycles. The molecule has 1 N–H and O–H groups in total. The standard InChI is InChI=1S/C12H17Cl2N/c1-9(2)6-7-15-8-10-4-3-5-11(13)12(10)14/h3-5,9,15H,6-8H2,1-2H3. The molecular weight excluding hydrogens is 229 g/mol. The molecule has 0 spiro atoms. The quantitative estimate of drug-likeness (QED) is 0.770. The van der Waals surface area contributed by atoms with Crippen LogP contribution in [0, 0.1) is 5.92 Å². The molecule has 15 heavy (non-hydrogen) atoms. The first-order chi connectivity index (χ1) is 7.11. The molecule has 0 aliphatic heterocycles. The predicted molar refractivity (Wildman–Crippen MR) is 67.6 cm³/mol. The van der Waals surface area contributed by atoms with Crippen molar-refractivity contribution in [2.45, 2.75) is 26.8 Å². The lowest BCUT2D eigenvalue weighted by atomic mass is 10.1. The van der Waals surface area contributed by atoms with Crippen molar-refractivity contribution in [2.75, 3.05) is 6.54 Å². The largest absolute Gasteiger partial charge is 0.313 e. The fraction of sp³-hybridized carbons (Fsp3) is 0.500. The van der Waals surface area contributed by atoms with Crippen LogP contribution in [-0.2, 0) is 6.54 Å². The third kappa shape index (κ3) is 4.42. The van der Waals surface area contributed by atoms with Crippen LogP contribution in [0.5, 0.6) is 0 Å². The number of benzene rings is 1. The molecule has 1 nitrogen and oxygen atoms in total. The predicted octanol–water partition coefficient (Wildman–Crippen LogP) is 4.13. The molecule has 0 unspecified atom stereocenters. The van der Waals surface area contributed by atoms with Gasteiger partial charge in [0.25, 0.3) is 0 Å². The minimum absolute atomic E-state index is 0.625. The molecule has 0 radical (unpaired) electrons. The van der Waals surface area contributed by atoms with Gasteiger partial charge in [0.15, 0.2) is 0 Å². The summed E-state index contributed by atoms with van der Waals surface area (Å²) in [6.07, 6.45) is 1.18. The van der Waals surface area contributed by atoms with Gasteiger partial charge < -0.3 is 5.32 Å².